The molecule has 0 saturated carbocycles. The van der Waals surface area contributed by atoms with E-state index >= 15 is 0 Å². The second kappa shape index (κ2) is 4.24. The zero-order valence-corrected chi connectivity index (χ0v) is 9.43. The number of nitriles is 1. The van der Waals surface area contributed by atoms with Crippen LogP contribution in [0.1, 0.15) is 19.0 Å². The summed E-state index contributed by atoms with van der Waals surface area (Å²) in [6.07, 6.45) is 2.01. The number of hydrogen-bond acceptors (Lipinski definition) is 4. The molecule has 86 valence electrons. The van der Waals surface area contributed by atoms with Crippen molar-refractivity contribution in [1.29, 1.82) is 5.26 Å². The molecule has 1 aromatic rings. The van der Waals surface area contributed by atoms with Gasteiger partial charge in [-0.05, 0) is 13.0 Å². The predicted octanol–water partition coefficient (Wildman–Crippen LogP) is 0.363. The van der Waals surface area contributed by atoms with Crippen LogP contribution in [-0.2, 0) is 13.1 Å². The van der Waals surface area contributed by atoms with Crippen LogP contribution < -0.4 is 0 Å². The van der Waals surface area contributed by atoms with Crippen LogP contribution in [0.4, 0.5) is 0 Å². The molecule has 0 spiro atoms. The highest BCUT2D eigenvalue weighted by molar-refractivity contribution is 5.06. The van der Waals surface area contributed by atoms with Gasteiger partial charge in [-0.25, -0.2) is 0 Å². The fraction of sp³-hybridized carbons (Fsp3) is 0.636. The van der Waals surface area contributed by atoms with E-state index in [0.29, 0.717) is 13.1 Å². The summed E-state index contributed by atoms with van der Waals surface area (Å²) in [5.74, 6) is 0. The van der Waals surface area contributed by atoms with Gasteiger partial charge in [0.05, 0.1) is 18.2 Å². The number of rotatable bonds is 4. The maximum Gasteiger partial charge on any atom is 0.103 e. The van der Waals surface area contributed by atoms with Crippen molar-refractivity contribution in [2.75, 3.05) is 13.1 Å². The molecule has 0 unspecified atom stereocenters. The second-order valence-corrected chi connectivity index (χ2v) is 4.34. The highest BCUT2D eigenvalue weighted by Gasteiger charge is 2.40. The molecule has 0 amide bonds. The van der Waals surface area contributed by atoms with Crippen LogP contribution in [-0.4, -0.2) is 38.5 Å². The number of nitrogens with zero attached hydrogens (tertiary/aromatic N) is 4. The molecule has 1 N–H and O–H groups in total. The summed E-state index contributed by atoms with van der Waals surface area (Å²) >= 11 is 0. The molecule has 1 aliphatic rings. The minimum absolute atomic E-state index is 0.219. The van der Waals surface area contributed by atoms with E-state index in [1.165, 1.54) is 0 Å². The maximum absolute atomic E-state index is 9.85. The minimum Gasteiger partial charge on any atom is -0.386 e. The summed E-state index contributed by atoms with van der Waals surface area (Å²) in [6.45, 7) is 4.86. The first-order chi connectivity index (χ1) is 7.67. The van der Waals surface area contributed by atoms with E-state index in [1.54, 1.807) is 6.20 Å². The SMILES string of the molecule is CCn1nccc1CN1CC(O)(CC#N)C1. The number of aliphatic hydroxyl groups is 1. The number of aromatic nitrogens is 2. The van der Waals surface area contributed by atoms with Crippen molar-refractivity contribution in [1.82, 2.24) is 14.7 Å². The third-order valence-corrected chi connectivity index (χ3v) is 2.93. The molecule has 1 fully saturated rings. The lowest BCUT2D eigenvalue weighted by atomic mass is 9.91. The zero-order valence-electron chi connectivity index (χ0n) is 9.43. The number of likely N-dealkylation sites (tertiary alicyclic amines) is 1. The van der Waals surface area contributed by atoms with Crippen molar-refractivity contribution >= 4 is 0 Å². The molecule has 2 heterocycles. The van der Waals surface area contributed by atoms with Crippen molar-refractivity contribution < 1.29 is 5.11 Å². The molecule has 1 saturated heterocycles. The molecule has 5 heteroatoms. The molecule has 0 atom stereocenters. The summed E-state index contributed by atoms with van der Waals surface area (Å²) in [5, 5.41) is 22.6. The van der Waals surface area contributed by atoms with Crippen LogP contribution in [0.3, 0.4) is 0 Å². The molecule has 1 aromatic heterocycles. The average molecular weight is 220 g/mol. The predicted molar refractivity (Wildman–Crippen MR) is 58.4 cm³/mol. The molecule has 16 heavy (non-hydrogen) atoms. The topological polar surface area (TPSA) is 65.1 Å². The smallest absolute Gasteiger partial charge is 0.103 e. The van der Waals surface area contributed by atoms with Gasteiger partial charge in [0.15, 0.2) is 0 Å². The van der Waals surface area contributed by atoms with Crippen LogP contribution in [0.2, 0.25) is 0 Å². The Balaban J connectivity index is 1.88. The van der Waals surface area contributed by atoms with Gasteiger partial charge < -0.3 is 5.11 Å². The summed E-state index contributed by atoms with van der Waals surface area (Å²) in [6, 6.07) is 4.01. The first-order valence-electron chi connectivity index (χ1n) is 5.49. The van der Waals surface area contributed by atoms with Crippen molar-refractivity contribution in [3.63, 3.8) is 0 Å². The van der Waals surface area contributed by atoms with Gasteiger partial charge in [-0.15, -0.1) is 0 Å². The quantitative estimate of drug-likeness (QED) is 0.796. The average Bonchev–Trinajstić information content (AvgIpc) is 2.63. The summed E-state index contributed by atoms with van der Waals surface area (Å²) in [4.78, 5) is 2.13. The van der Waals surface area contributed by atoms with Crippen molar-refractivity contribution in [3.8, 4) is 6.07 Å². The third kappa shape index (κ3) is 2.08. The van der Waals surface area contributed by atoms with Crippen LogP contribution in [0, 0.1) is 11.3 Å². The molecule has 0 radical (unpaired) electrons. The third-order valence-electron chi connectivity index (χ3n) is 2.93. The Morgan fingerprint density at radius 3 is 3.00 bits per heavy atom. The standard InChI is InChI=1S/C11H16N4O/c1-2-15-10(3-6-13-15)7-14-8-11(16,9-14)4-5-12/h3,6,16H,2,4,7-9H2,1H3. The van der Waals surface area contributed by atoms with E-state index in [1.807, 2.05) is 16.8 Å². The van der Waals surface area contributed by atoms with Gasteiger partial charge in [-0.2, -0.15) is 10.4 Å². The van der Waals surface area contributed by atoms with Gasteiger partial charge in [-0.3, -0.25) is 9.58 Å². The first kappa shape index (κ1) is 11.1. The van der Waals surface area contributed by atoms with Crippen LogP contribution in [0.5, 0.6) is 0 Å². The van der Waals surface area contributed by atoms with Crippen LogP contribution in [0.15, 0.2) is 12.3 Å². The fourth-order valence-electron chi connectivity index (χ4n) is 2.17. The highest BCUT2D eigenvalue weighted by atomic mass is 16.3. The molecular weight excluding hydrogens is 204 g/mol. The Kier molecular flexibility index (Phi) is 2.95. The molecule has 0 aliphatic carbocycles. The van der Waals surface area contributed by atoms with Gasteiger partial charge in [0.1, 0.15) is 5.60 Å². The Morgan fingerprint density at radius 2 is 2.38 bits per heavy atom. The van der Waals surface area contributed by atoms with E-state index < -0.39 is 5.60 Å². The maximum atomic E-state index is 9.85. The minimum atomic E-state index is -0.786. The Labute approximate surface area is 94.9 Å². The zero-order chi connectivity index (χ0) is 11.6. The van der Waals surface area contributed by atoms with Gasteiger partial charge >= 0.3 is 0 Å². The Bertz CT molecular complexity index is 400. The fourth-order valence-corrected chi connectivity index (χ4v) is 2.17. The van der Waals surface area contributed by atoms with Crippen molar-refractivity contribution in [2.24, 2.45) is 0 Å². The number of aryl methyl sites for hydroxylation is 1. The Morgan fingerprint density at radius 1 is 1.62 bits per heavy atom. The van der Waals surface area contributed by atoms with Gasteiger partial charge in [0.25, 0.3) is 0 Å². The van der Waals surface area contributed by atoms with E-state index in [9.17, 15) is 5.11 Å². The number of β-amino-alcohol motifs (C(OH)–C–C–N with tert-alkyl or cyclic N) is 1. The lowest BCUT2D eigenvalue weighted by molar-refractivity contribution is -0.0982. The van der Waals surface area contributed by atoms with Gasteiger partial charge in [0, 0.05) is 32.4 Å². The van der Waals surface area contributed by atoms with Crippen LogP contribution >= 0.6 is 0 Å². The van der Waals surface area contributed by atoms with Gasteiger partial charge in [-0.1, -0.05) is 0 Å². The molecule has 5 nitrogen and oxygen atoms in total. The summed E-state index contributed by atoms with van der Waals surface area (Å²) < 4.78 is 1.95. The highest BCUT2D eigenvalue weighted by Crippen LogP contribution is 2.25. The normalized spacial score (nSPS) is 19.1. The van der Waals surface area contributed by atoms with E-state index in [2.05, 4.69) is 16.9 Å². The van der Waals surface area contributed by atoms with Crippen molar-refractivity contribution in [2.45, 2.75) is 32.0 Å². The van der Waals surface area contributed by atoms with Gasteiger partial charge in [0.2, 0.25) is 0 Å². The van der Waals surface area contributed by atoms with E-state index in [0.717, 1.165) is 18.8 Å². The summed E-state index contributed by atoms with van der Waals surface area (Å²) in [5.41, 5.74) is 0.368. The van der Waals surface area contributed by atoms with E-state index in [4.69, 9.17) is 5.26 Å². The lowest BCUT2D eigenvalue weighted by Gasteiger charge is -2.45. The monoisotopic (exact) mass is 220 g/mol. The van der Waals surface area contributed by atoms with Crippen LogP contribution in [0.25, 0.3) is 0 Å². The first-order valence-corrected chi connectivity index (χ1v) is 5.49. The molecule has 0 bridgehead atoms. The molecular formula is C11H16N4O. The molecule has 0 aromatic carbocycles. The molecule has 2 rings (SSSR count). The van der Waals surface area contributed by atoms with Crippen molar-refractivity contribution in [3.05, 3.63) is 18.0 Å². The lowest BCUT2D eigenvalue weighted by Crippen LogP contribution is -2.61. The summed E-state index contributed by atoms with van der Waals surface area (Å²) in [7, 11) is 0. The largest absolute Gasteiger partial charge is 0.386 e. The van der Waals surface area contributed by atoms with E-state index in [-0.39, 0.29) is 6.42 Å². The molecule has 1 aliphatic heterocycles. The second-order valence-electron chi connectivity index (χ2n) is 4.34. The Hall–Kier alpha value is -1.38. The number of hydrogen-bond donors (Lipinski definition) is 1.